The summed E-state index contributed by atoms with van der Waals surface area (Å²) in [5, 5.41) is 4.14. The quantitative estimate of drug-likeness (QED) is 0.844. The SMILES string of the molecule is Cn1cc([C@@H]2CN(S(=O)(=O)CC3CCCCC3)CCO2)cn1. The summed E-state index contributed by atoms with van der Waals surface area (Å²) >= 11 is 0. The molecule has 1 saturated heterocycles. The molecule has 0 radical (unpaired) electrons. The van der Waals surface area contributed by atoms with Gasteiger partial charge in [-0.25, -0.2) is 8.42 Å². The molecule has 1 aromatic rings. The Kier molecular flexibility index (Phi) is 4.84. The van der Waals surface area contributed by atoms with Gasteiger partial charge >= 0.3 is 0 Å². The third kappa shape index (κ3) is 3.70. The molecular weight excluding hydrogens is 302 g/mol. The summed E-state index contributed by atoms with van der Waals surface area (Å²) in [5.41, 5.74) is 0.945. The lowest BCUT2D eigenvalue weighted by Crippen LogP contribution is -2.44. The van der Waals surface area contributed by atoms with E-state index in [-0.39, 0.29) is 6.10 Å². The van der Waals surface area contributed by atoms with Crippen LogP contribution in [0.15, 0.2) is 12.4 Å². The first-order chi connectivity index (χ1) is 10.5. The Morgan fingerprint density at radius 2 is 2.09 bits per heavy atom. The Labute approximate surface area is 132 Å². The average molecular weight is 327 g/mol. The second kappa shape index (κ2) is 6.68. The fourth-order valence-corrected chi connectivity index (χ4v) is 5.30. The summed E-state index contributed by atoms with van der Waals surface area (Å²) in [4.78, 5) is 0. The van der Waals surface area contributed by atoms with Crippen LogP contribution in [0.5, 0.6) is 0 Å². The van der Waals surface area contributed by atoms with Crippen LogP contribution in [0.3, 0.4) is 0 Å². The van der Waals surface area contributed by atoms with E-state index in [0.717, 1.165) is 18.4 Å². The van der Waals surface area contributed by atoms with E-state index in [1.165, 1.54) is 19.3 Å². The van der Waals surface area contributed by atoms with Crippen molar-refractivity contribution in [2.45, 2.75) is 38.2 Å². The minimum Gasteiger partial charge on any atom is -0.371 e. The molecule has 0 amide bonds. The number of aromatic nitrogens is 2. The van der Waals surface area contributed by atoms with E-state index in [1.807, 2.05) is 13.2 Å². The first-order valence-electron chi connectivity index (χ1n) is 8.12. The Morgan fingerprint density at radius 1 is 1.32 bits per heavy atom. The zero-order valence-electron chi connectivity index (χ0n) is 13.1. The smallest absolute Gasteiger partial charge is 0.214 e. The topological polar surface area (TPSA) is 64.4 Å². The normalized spacial score (nSPS) is 25.4. The summed E-state index contributed by atoms with van der Waals surface area (Å²) < 4.78 is 34.4. The Balaban J connectivity index is 1.65. The van der Waals surface area contributed by atoms with E-state index >= 15 is 0 Å². The predicted octanol–water partition coefficient (Wildman–Crippen LogP) is 1.70. The second-order valence-electron chi connectivity index (χ2n) is 6.45. The Bertz CT molecular complexity index is 593. The highest BCUT2D eigenvalue weighted by molar-refractivity contribution is 7.89. The lowest BCUT2D eigenvalue weighted by molar-refractivity contribution is -0.00271. The number of rotatable bonds is 4. The molecule has 2 heterocycles. The van der Waals surface area contributed by atoms with Crippen LogP contribution in [0.4, 0.5) is 0 Å². The lowest BCUT2D eigenvalue weighted by atomic mass is 9.91. The van der Waals surface area contributed by atoms with Crippen molar-refractivity contribution in [2.75, 3.05) is 25.4 Å². The van der Waals surface area contributed by atoms with Crippen LogP contribution in [0.2, 0.25) is 0 Å². The van der Waals surface area contributed by atoms with E-state index in [9.17, 15) is 8.42 Å². The van der Waals surface area contributed by atoms with E-state index in [4.69, 9.17) is 4.74 Å². The maximum Gasteiger partial charge on any atom is 0.214 e. The van der Waals surface area contributed by atoms with Gasteiger partial charge in [-0.05, 0) is 18.8 Å². The molecule has 124 valence electrons. The number of sulfonamides is 1. The number of morpholine rings is 1. The van der Waals surface area contributed by atoms with Gasteiger partial charge in [-0.2, -0.15) is 9.40 Å². The molecule has 1 atom stereocenters. The van der Waals surface area contributed by atoms with Gasteiger partial charge in [0.1, 0.15) is 0 Å². The summed E-state index contributed by atoms with van der Waals surface area (Å²) in [6.07, 6.45) is 9.12. The van der Waals surface area contributed by atoms with Crippen molar-refractivity contribution < 1.29 is 13.2 Å². The third-order valence-electron chi connectivity index (χ3n) is 4.69. The molecule has 7 heteroatoms. The number of hydrogen-bond donors (Lipinski definition) is 0. The van der Waals surface area contributed by atoms with E-state index in [2.05, 4.69) is 5.10 Å². The molecule has 0 aromatic carbocycles. The van der Waals surface area contributed by atoms with Gasteiger partial charge < -0.3 is 4.74 Å². The van der Waals surface area contributed by atoms with Crippen LogP contribution in [-0.2, 0) is 21.8 Å². The fourth-order valence-electron chi connectivity index (χ4n) is 3.44. The highest BCUT2D eigenvalue weighted by Gasteiger charge is 2.32. The standard InChI is InChI=1S/C15H25N3O3S/c1-17-10-14(9-16-17)15-11-18(7-8-21-15)22(19,20)12-13-5-3-2-4-6-13/h9-10,13,15H,2-8,11-12H2,1H3/t15-/m0/s1. The van der Waals surface area contributed by atoms with Crippen molar-refractivity contribution in [1.29, 1.82) is 0 Å². The molecule has 3 rings (SSSR count). The van der Waals surface area contributed by atoms with Crippen molar-refractivity contribution >= 4 is 10.0 Å². The number of ether oxygens (including phenoxy) is 1. The van der Waals surface area contributed by atoms with Gasteiger partial charge in [-0.1, -0.05) is 19.3 Å². The largest absolute Gasteiger partial charge is 0.371 e. The lowest BCUT2D eigenvalue weighted by Gasteiger charge is -2.33. The van der Waals surface area contributed by atoms with E-state index in [1.54, 1.807) is 15.2 Å². The van der Waals surface area contributed by atoms with Crippen molar-refractivity contribution in [3.63, 3.8) is 0 Å². The molecule has 0 N–H and O–H groups in total. The maximum atomic E-state index is 12.7. The number of aryl methyl sites for hydroxylation is 1. The van der Waals surface area contributed by atoms with Gasteiger partial charge in [-0.15, -0.1) is 0 Å². The molecule has 2 aliphatic rings. The minimum atomic E-state index is -3.19. The number of hydrogen-bond acceptors (Lipinski definition) is 4. The summed E-state index contributed by atoms with van der Waals surface area (Å²) in [6.45, 7) is 1.32. The first-order valence-corrected chi connectivity index (χ1v) is 9.73. The predicted molar refractivity (Wildman–Crippen MR) is 83.8 cm³/mol. The van der Waals surface area contributed by atoms with Crippen LogP contribution < -0.4 is 0 Å². The molecular formula is C15H25N3O3S. The molecule has 2 fully saturated rings. The van der Waals surface area contributed by atoms with Crippen LogP contribution in [0.25, 0.3) is 0 Å². The van der Waals surface area contributed by atoms with Crippen molar-refractivity contribution in [1.82, 2.24) is 14.1 Å². The van der Waals surface area contributed by atoms with E-state index in [0.29, 0.717) is 31.4 Å². The van der Waals surface area contributed by atoms with Crippen molar-refractivity contribution in [2.24, 2.45) is 13.0 Å². The second-order valence-corrected chi connectivity index (χ2v) is 8.46. The average Bonchev–Trinajstić information content (AvgIpc) is 2.95. The van der Waals surface area contributed by atoms with Gasteiger partial charge in [0.15, 0.2) is 0 Å². The minimum absolute atomic E-state index is 0.205. The van der Waals surface area contributed by atoms with Gasteiger partial charge in [0.05, 0.1) is 24.7 Å². The van der Waals surface area contributed by atoms with E-state index < -0.39 is 10.0 Å². The third-order valence-corrected chi connectivity index (χ3v) is 6.70. The molecule has 0 bridgehead atoms. The molecule has 6 nitrogen and oxygen atoms in total. The Hall–Kier alpha value is -0.920. The highest BCUT2D eigenvalue weighted by atomic mass is 32.2. The highest BCUT2D eigenvalue weighted by Crippen LogP contribution is 2.28. The van der Waals surface area contributed by atoms with Crippen LogP contribution in [0, 0.1) is 5.92 Å². The zero-order valence-corrected chi connectivity index (χ0v) is 14.0. The van der Waals surface area contributed by atoms with Gasteiger partial charge in [0, 0.05) is 31.9 Å². The maximum absolute atomic E-state index is 12.7. The van der Waals surface area contributed by atoms with Gasteiger partial charge in [0.25, 0.3) is 0 Å². The monoisotopic (exact) mass is 327 g/mol. The molecule has 1 saturated carbocycles. The van der Waals surface area contributed by atoms with Gasteiger partial charge in [0.2, 0.25) is 10.0 Å². The van der Waals surface area contributed by atoms with Crippen molar-refractivity contribution in [3.8, 4) is 0 Å². The molecule has 1 aliphatic heterocycles. The Morgan fingerprint density at radius 3 is 2.77 bits per heavy atom. The molecule has 1 aliphatic carbocycles. The van der Waals surface area contributed by atoms with Crippen LogP contribution in [0.1, 0.15) is 43.8 Å². The summed E-state index contributed by atoms with van der Waals surface area (Å²) in [5.74, 6) is 0.630. The van der Waals surface area contributed by atoms with Crippen molar-refractivity contribution in [3.05, 3.63) is 18.0 Å². The summed E-state index contributed by atoms with van der Waals surface area (Å²) in [7, 11) is -1.34. The molecule has 1 aromatic heterocycles. The summed E-state index contributed by atoms with van der Waals surface area (Å²) in [6, 6.07) is 0. The van der Waals surface area contributed by atoms with Gasteiger partial charge in [-0.3, -0.25) is 4.68 Å². The molecule has 0 unspecified atom stereocenters. The first kappa shape index (κ1) is 16.0. The fraction of sp³-hybridized carbons (Fsp3) is 0.800. The van der Waals surface area contributed by atoms with Crippen LogP contribution in [-0.4, -0.2) is 48.0 Å². The zero-order chi connectivity index (χ0) is 15.6. The number of nitrogens with zero attached hydrogens (tertiary/aromatic N) is 3. The van der Waals surface area contributed by atoms with Crippen LogP contribution >= 0.6 is 0 Å². The molecule has 22 heavy (non-hydrogen) atoms. The molecule has 0 spiro atoms.